The van der Waals surface area contributed by atoms with Crippen LogP contribution in [0.15, 0.2) is 18.2 Å². The van der Waals surface area contributed by atoms with Crippen molar-refractivity contribution in [2.45, 2.75) is 12.5 Å². The Morgan fingerprint density at radius 1 is 1.48 bits per heavy atom. The second-order valence-corrected chi connectivity index (χ2v) is 7.56. The third-order valence-corrected chi connectivity index (χ3v) is 5.45. The first kappa shape index (κ1) is 15.7. The van der Waals surface area contributed by atoms with Gasteiger partial charge in [-0.2, -0.15) is 0 Å². The molecular weight excluding hydrogens is 320 g/mol. The van der Waals surface area contributed by atoms with Crippen molar-refractivity contribution in [2.24, 2.45) is 0 Å². The van der Waals surface area contributed by atoms with Crippen LogP contribution in [0.5, 0.6) is 0 Å². The van der Waals surface area contributed by atoms with Gasteiger partial charge in [-0.3, -0.25) is 14.9 Å². The van der Waals surface area contributed by atoms with E-state index in [1.54, 1.807) is 0 Å². The summed E-state index contributed by atoms with van der Waals surface area (Å²) in [7, 11) is -1.70. The molecular formula is C12H13ClN2O5S. The van der Waals surface area contributed by atoms with Gasteiger partial charge >= 0.3 is 0 Å². The minimum absolute atomic E-state index is 0.0208. The van der Waals surface area contributed by atoms with Crippen LogP contribution in [-0.4, -0.2) is 48.7 Å². The fraction of sp³-hybridized carbons (Fsp3) is 0.417. The molecule has 0 N–H and O–H groups in total. The fourth-order valence-corrected chi connectivity index (χ4v) is 4.22. The Hall–Kier alpha value is -1.67. The zero-order chi connectivity index (χ0) is 15.8. The van der Waals surface area contributed by atoms with Gasteiger partial charge in [0.25, 0.3) is 11.6 Å². The maximum Gasteiger partial charge on any atom is 0.282 e. The van der Waals surface area contributed by atoms with E-state index in [9.17, 15) is 23.3 Å². The van der Waals surface area contributed by atoms with E-state index >= 15 is 0 Å². The van der Waals surface area contributed by atoms with Crippen molar-refractivity contribution in [1.82, 2.24) is 4.90 Å². The molecule has 1 fully saturated rings. The second-order valence-electron chi connectivity index (χ2n) is 4.89. The summed E-state index contributed by atoms with van der Waals surface area (Å²) in [5.74, 6) is -0.706. The molecule has 1 aliphatic heterocycles. The van der Waals surface area contributed by atoms with E-state index in [0.29, 0.717) is 6.42 Å². The van der Waals surface area contributed by atoms with Gasteiger partial charge in [0, 0.05) is 24.2 Å². The van der Waals surface area contributed by atoms with E-state index in [4.69, 9.17) is 11.6 Å². The van der Waals surface area contributed by atoms with Crippen LogP contribution in [0.2, 0.25) is 5.02 Å². The Morgan fingerprint density at radius 3 is 2.67 bits per heavy atom. The number of amides is 1. The lowest BCUT2D eigenvalue weighted by molar-refractivity contribution is -0.385. The molecule has 7 nitrogen and oxygen atoms in total. The van der Waals surface area contributed by atoms with Gasteiger partial charge in [0.1, 0.15) is 5.56 Å². The summed E-state index contributed by atoms with van der Waals surface area (Å²) >= 11 is 5.79. The standard InChI is InChI=1S/C12H13ClN2O5S/c1-14(9-4-5-21(19,20)7-9)12(16)10-6-8(13)2-3-11(10)15(17)18/h2-3,6,9H,4-5,7H2,1H3. The van der Waals surface area contributed by atoms with Gasteiger partial charge in [0.2, 0.25) is 0 Å². The largest absolute Gasteiger partial charge is 0.337 e. The van der Waals surface area contributed by atoms with E-state index in [-0.39, 0.29) is 27.8 Å². The average Bonchev–Trinajstić information content (AvgIpc) is 2.77. The minimum Gasteiger partial charge on any atom is -0.337 e. The highest BCUT2D eigenvalue weighted by atomic mass is 35.5. The smallest absolute Gasteiger partial charge is 0.282 e. The predicted octanol–water partition coefficient (Wildman–Crippen LogP) is 1.51. The number of rotatable bonds is 3. The molecule has 9 heteroatoms. The highest BCUT2D eigenvalue weighted by Crippen LogP contribution is 2.26. The predicted molar refractivity (Wildman–Crippen MR) is 77.3 cm³/mol. The van der Waals surface area contributed by atoms with Crippen LogP contribution < -0.4 is 0 Å². The maximum atomic E-state index is 12.4. The Morgan fingerprint density at radius 2 is 2.14 bits per heavy atom. The van der Waals surface area contributed by atoms with Crippen LogP contribution >= 0.6 is 11.6 Å². The van der Waals surface area contributed by atoms with Crippen LogP contribution in [0.3, 0.4) is 0 Å². The first-order valence-electron chi connectivity index (χ1n) is 6.13. The van der Waals surface area contributed by atoms with Gasteiger partial charge in [-0.15, -0.1) is 0 Å². The van der Waals surface area contributed by atoms with Gasteiger partial charge in [0.05, 0.1) is 16.4 Å². The highest BCUT2D eigenvalue weighted by Gasteiger charge is 2.34. The normalized spacial score (nSPS) is 20.2. The van der Waals surface area contributed by atoms with E-state index in [1.807, 2.05) is 0 Å². The van der Waals surface area contributed by atoms with Crippen molar-refractivity contribution in [3.8, 4) is 0 Å². The van der Waals surface area contributed by atoms with Gasteiger partial charge < -0.3 is 4.90 Å². The SMILES string of the molecule is CN(C(=O)c1cc(Cl)ccc1[N+](=O)[O-])C1CCS(=O)(=O)C1. The molecule has 0 bridgehead atoms. The molecule has 1 amide bonds. The molecule has 1 unspecified atom stereocenters. The number of halogens is 1. The molecule has 1 atom stereocenters. The number of benzene rings is 1. The van der Waals surface area contributed by atoms with Crippen LogP contribution in [-0.2, 0) is 9.84 Å². The Bertz CT molecular complexity index is 704. The molecule has 1 aliphatic rings. The molecule has 1 saturated heterocycles. The third kappa shape index (κ3) is 3.33. The summed E-state index contributed by atoms with van der Waals surface area (Å²) in [5.41, 5.74) is -0.489. The number of carbonyl (C=O) groups excluding carboxylic acids is 1. The van der Waals surface area contributed by atoms with Gasteiger partial charge in [-0.25, -0.2) is 8.42 Å². The van der Waals surface area contributed by atoms with Crippen LogP contribution in [0.4, 0.5) is 5.69 Å². The quantitative estimate of drug-likeness (QED) is 0.617. The number of nitrogens with zero attached hydrogens (tertiary/aromatic N) is 2. The number of carbonyl (C=O) groups is 1. The summed E-state index contributed by atoms with van der Waals surface area (Å²) < 4.78 is 22.9. The number of hydrogen-bond donors (Lipinski definition) is 0. The van der Waals surface area contributed by atoms with Gasteiger partial charge in [0.15, 0.2) is 9.84 Å². The number of nitro groups is 1. The lowest BCUT2D eigenvalue weighted by Gasteiger charge is -2.23. The fourth-order valence-electron chi connectivity index (χ4n) is 2.28. The van der Waals surface area contributed by atoms with Gasteiger partial charge in [-0.1, -0.05) is 11.6 Å². The van der Waals surface area contributed by atoms with E-state index < -0.39 is 26.7 Å². The molecule has 1 heterocycles. The maximum absolute atomic E-state index is 12.4. The van der Waals surface area contributed by atoms with Crippen molar-refractivity contribution in [3.05, 3.63) is 38.9 Å². The van der Waals surface area contributed by atoms with Crippen molar-refractivity contribution in [1.29, 1.82) is 0 Å². The Balaban J connectivity index is 2.32. The van der Waals surface area contributed by atoms with Crippen molar-refractivity contribution >= 4 is 33.0 Å². The van der Waals surface area contributed by atoms with Gasteiger partial charge in [-0.05, 0) is 18.6 Å². The molecule has 0 saturated carbocycles. The van der Waals surface area contributed by atoms with E-state index in [0.717, 1.165) is 6.07 Å². The van der Waals surface area contributed by atoms with E-state index in [1.165, 1.54) is 24.1 Å². The van der Waals surface area contributed by atoms with Crippen LogP contribution in [0, 0.1) is 10.1 Å². The summed E-state index contributed by atoms with van der Waals surface area (Å²) in [4.78, 5) is 23.9. The summed E-state index contributed by atoms with van der Waals surface area (Å²) in [6.45, 7) is 0. The third-order valence-electron chi connectivity index (χ3n) is 3.46. The van der Waals surface area contributed by atoms with Crippen molar-refractivity contribution in [2.75, 3.05) is 18.6 Å². The summed E-state index contributed by atoms with van der Waals surface area (Å²) in [6, 6.07) is 3.24. The molecule has 21 heavy (non-hydrogen) atoms. The highest BCUT2D eigenvalue weighted by molar-refractivity contribution is 7.91. The van der Waals surface area contributed by atoms with Crippen molar-refractivity contribution < 1.29 is 18.1 Å². The molecule has 1 aromatic carbocycles. The van der Waals surface area contributed by atoms with Crippen molar-refractivity contribution in [3.63, 3.8) is 0 Å². The topological polar surface area (TPSA) is 97.6 Å². The lowest BCUT2D eigenvalue weighted by Crippen LogP contribution is -2.38. The first-order chi connectivity index (χ1) is 9.71. The molecule has 114 valence electrons. The average molecular weight is 333 g/mol. The summed E-state index contributed by atoms with van der Waals surface area (Å²) in [5, 5.41) is 11.2. The molecule has 2 rings (SSSR count). The molecule has 1 aromatic rings. The minimum atomic E-state index is -3.14. The molecule has 0 spiro atoms. The molecule has 0 aromatic heterocycles. The number of nitro benzene ring substituents is 1. The molecule has 0 radical (unpaired) electrons. The van der Waals surface area contributed by atoms with E-state index in [2.05, 4.69) is 0 Å². The zero-order valence-electron chi connectivity index (χ0n) is 11.2. The molecule has 0 aliphatic carbocycles. The monoisotopic (exact) mass is 332 g/mol. The number of sulfone groups is 1. The number of hydrogen-bond acceptors (Lipinski definition) is 5. The first-order valence-corrected chi connectivity index (χ1v) is 8.33. The Kier molecular flexibility index (Phi) is 4.20. The van der Waals surface area contributed by atoms with Crippen LogP contribution in [0.25, 0.3) is 0 Å². The second kappa shape index (κ2) is 5.61. The zero-order valence-corrected chi connectivity index (χ0v) is 12.7. The lowest BCUT2D eigenvalue weighted by atomic mass is 10.1. The summed E-state index contributed by atoms with van der Waals surface area (Å²) in [6.07, 6.45) is 0.332. The van der Waals surface area contributed by atoms with Crippen LogP contribution in [0.1, 0.15) is 16.8 Å². The Labute approximate surface area is 126 Å².